The summed E-state index contributed by atoms with van der Waals surface area (Å²) in [5.74, 6) is 0.427. The number of aromatic nitrogens is 3. The highest BCUT2D eigenvalue weighted by molar-refractivity contribution is 7.22. The molecule has 1 amide bonds. The van der Waals surface area contributed by atoms with Gasteiger partial charge in [0.1, 0.15) is 10.6 Å². The Hall–Kier alpha value is -4.19. The minimum atomic E-state index is -0.949. The number of benzene rings is 3. The van der Waals surface area contributed by atoms with Crippen molar-refractivity contribution in [1.29, 1.82) is 0 Å². The Kier molecular flexibility index (Phi) is 9.86. The molecule has 1 aliphatic heterocycles. The number of hydrogen-bond donors (Lipinski definition) is 0. The summed E-state index contributed by atoms with van der Waals surface area (Å²) in [6, 6.07) is 16.0. The van der Waals surface area contributed by atoms with E-state index >= 15 is 0 Å². The van der Waals surface area contributed by atoms with E-state index in [9.17, 15) is 9.59 Å². The van der Waals surface area contributed by atoms with Gasteiger partial charge in [-0.15, -0.1) is 11.3 Å². The van der Waals surface area contributed by atoms with E-state index < -0.39 is 23.3 Å². The van der Waals surface area contributed by atoms with Gasteiger partial charge in [0.15, 0.2) is 11.9 Å². The monoisotopic (exact) mass is 731 g/mol. The van der Waals surface area contributed by atoms with Crippen LogP contribution in [0.2, 0.25) is 5.02 Å². The highest BCUT2D eigenvalue weighted by Crippen LogP contribution is 2.45. The van der Waals surface area contributed by atoms with Crippen molar-refractivity contribution in [2.24, 2.45) is 7.05 Å². The van der Waals surface area contributed by atoms with Crippen LogP contribution in [0, 0.1) is 6.92 Å². The zero-order valence-corrected chi connectivity index (χ0v) is 32.5. The van der Waals surface area contributed by atoms with E-state index in [1.165, 1.54) is 0 Å². The molecule has 6 rings (SSSR count). The predicted octanol–water partition coefficient (Wildman–Crippen LogP) is 8.95. The Morgan fingerprint density at radius 2 is 1.69 bits per heavy atom. The zero-order chi connectivity index (χ0) is 37.0. The third-order valence-corrected chi connectivity index (χ3v) is 10.2. The van der Waals surface area contributed by atoms with Crippen LogP contribution < -0.4 is 4.90 Å². The molecule has 1 aliphatic rings. The second kappa shape index (κ2) is 13.7. The number of fused-ring (bicyclic) bond motifs is 2. The molecule has 0 aliphatic carbocycles. The highest BCUT2D eigenvalue weighted by Gasteiger charge is 2.37. The van der Waals surface area contributed by atoms with Crippen LogP contribution in [0.25, 0.3) is 42.8 Å². The van der Waals surface area contributed by atoms with Gasteiger partial charge in [0.05, 0.1) is 34.0 Å². The van der Waals surface area contributed by atoms with Gasteiger partial charge in [0.25, 0.3) is 0 Å². The van der Waals surface area contributed by atoms with Crippen molar-refractivity contribution in [2.45, 2.75) is 78.7 Å². The Morgan fingerprint density at radius 3 is 2.31 bits per heavy atom. The Balaban J connectivity index is 1.42. The summed E-state index contributed by atoms with van der Waals surface area (Å²) in [7, 11) is 3.73. The number of amides is 1. The summed E-state index contributed by atoms with van der Waals surface area (Å²) in [5, 5.41) is 7.33. The fourth-order valence-electron chi connectivity index (χ4n) is 6.34. The molecule has 0 unspecified atom stereocenters. The van der Waals surface area contributed by atoms with E-state index in [4.69, 9.17) is 35.9 Å². The topological polar surface area (TPSA) is 99.0 Å². The highest BCUT2D eigenvalue weighted by atomic mass is 35.5. The lowest BCUT2D eigenvalue weighted by Gasteiger charge is -2.44. The van der Waals surface area contributed by atoms with Gasteiger partial charge < -0.3 is 24.0 Å². The molecule has 51 heavy (non-hydrogen) atoms. The smallest absolute Gasteiger partial charge is 0.410 e. The molecule has 1 fully saturated rings. The van der Waals surface area contributed by atoms with E-state index in [-0.39, 0.29) is 18.7 Å². The molecular formula is C39H46ClN5O5S. The van der Waals surface area contributed by atoms with Crippen molar-refractivity contribution >= 4 is 61.9 Å². The quantitative estimate of drug-likeness (QED) is 0.146. The summed E-state index contributed by atoms with van der Waals surface area (Å²) >= 11 is 7.90. The third-order valence-electron chi connectivity index (χ3n) is 8.76. The normalized spacial score (nSPS) is 14.5. The number of anilines is 1. The number of halogens is 1. The van der Waals surface area contributed by atoms with E-state index in [2.05, 4.69) is 23.1 Å². The van der Waals surface area contributed by atoms with Crippen molar-refractivity contribution in [3.63, 3.8) is 0 Å². The van der Waals surface area contributed by atoms with Crippen LogP contribution in [0.15, 0.2) is 48.5 Å². The molecule has 2 aromatic heterocycles. The molecule has 1 atom stereocenters. The second-order valence-corrected chi connectivity index (χ2v) is 16.5. The SMILES string of the molecule is CCOC(=O)[C@@H](OC(C)(C)C)c1c(C)cc2nc(-c3ccc4c(c3)c(N3CC(N(C)C(=O)OC(C)(C)C)C3)nn4C)sc2c1-c1ccc(Cl)cc1. The molecule has 5 aromatic rings. The lowest BCUT2D eigenvalue weighted by atomic mass is 9.91. The predicted molar refractivity (Wildman–Crippen MR) is 205 cm³/mol. The molecule has 10 nitrogen and oxygen atoms in total. The number of esters is 1. The van der Waals surface area contributed by atoms with Crippen molar-refractivity contribution in [3.05, 3.63) is 64.7 Å². The minimum absolute atomic E-state index is 0.0220. The molecule has 12 heteroatoms. The number of ether oxygens (including phenoxy) is 3. The van der Waals surface area contributed by atoms with Crippen LogP contribution in [-0.4, -0.2) is 75.7 Å². The van der Waals surface area contributed by atoms with Gasteiger partial charge in [-0.2, -0.15) is 5.10 Å². The molecular weight excluding hydrogens is 686 g/mol. The first-order valence-corrected chi connectivity index (χ1v) is 18.4. The van der Waals surface area contributed by atoms with Crippen LogP contribution in [0.1, 0.15) is 65.7 Å². The summed E-state index contributed by atoms with van der Waals surface area (Å²) in [4.78, 5) is 35.2. The van der Waals surface area contributed by atoms with Gasteiger partial charge in [-0.05, 0) is 103 Å². The first kappa shape index (κ1) is 36.6. The number of rotatable bonds is 8. The van der Waals surface area contributed by atoms with Crippen LogP contribution >= 0.6 is 22.9 Å². The van der Waals surface area contributed by atoms with Crippen LogP contribution in [0.5, 0.6) is 0 Å². The number of hydrogen-bond acceptors (Lipinski definition) is 9. The Morgan fingerprint density at radius 1 is 1.02 bits per heavy atom. The van der Waals surface area contributed by atoms with Crippen molar-refractivity contribution < 1.29 is 23.8 Å². The lowest BCUT2D eigenvalue weighted by Crippen LogP contribution is -2.60. The van der Waals surface area contributed by atoms with Gasteiger partial charge in [-0.25, -0.2) is 14.6 Å². The summed E-state index contributed by atoms with van der Waals surface area (Å²) in [6.07, 6.45) is -1.28. The molecule has 270 valence electrons. The molecule has 3 heterocycles. The molecule has 0 bridgehead atoms. The molecule has 3 aromatic carbocycles. The fourth-order valence-corrected chi connectivity index (χ4v) is 7.59. The minimum Gasteiger partial charge on any atom is -0.464 e. The maximum absolute atomic E-state index is 13.5. The Labute approximate surface area is 308 Å². The van der Waals surface area contributed by atoms with Crippen molar-refractivity contribution in [3.8, 4) is 21.7 Å². The average molecular weight is 732 g/mol. The number of likely N-dealkylation sites (N-methyl/N-ethyl adjacent to an activating group) is 1. The van der Waals surface area contributed by atoms with E-state index in [0.717, 1.165) is 59.8 Å². The summed E-state index contributed by atoms with van der Waals surface area (Å²) in [5.41, 5.74) is 5.00. The standard InChI is InChI=1S/C39H46ClN5O5S/c1-11-48-36(46)32(49-38(3,4)5)30-22(2)18-28-33(31(30)23-12-15-25(40)16-13-23)51-35(41-28)24-14-17-29-27(19-24)34(42-44(29)10)45-20-26(21-45)43(9)37(47)50-39(6,7)8/h12-19,26,32H,11,20-21H2,1-10H3/t32-/m0/s1. The van der Waals surface area contributed by atoms with Gasteiger partial charge >= 0.3 is 12.1 Å². The zero-order valence-electron chi connectivity index (χ0n) is 31.0. The summed E-state index contributed by atoms with van der Waals surface area (Å²) in [6.45, 7) is 16.7. The van der Waals surface area contributed by atoms with Gasteiger partial charge in [-0.3, -0.25) is 4.68 Å². The molecule has 1 saturated heterocycles. The van der Waals surface area contributed by atoms with Crippen LogP contribution in [0.3, 0.4) is 0 Å². The molecule has 0 spiro atoms. The first-order chi connectivity index (χ1) is 23.9. The van der Waals surface area contributed by atoms with E-state index in [1.54, 1.807) is 30.2 Å². The average Bonchev–Trinajstić information content (AvgIpc) is 3.58. The number of aryl methyl sites for hydroxylation is 2. The van der Waals surface area contributed by atoms with Crippen molar-refractivity contribution in [1.82, 2.24) is 19.7 Å². The van der Waals surface area contributed by atoms with Gasteiger partial charge in [0.2, 0.25) is 0 Å². The third kappa shape index (κ3) is 7.56. The Bertz CT molecular complexity index is 2110. The van der Waals surface area contributed by atoms with E-state index in [1.807, 2.05) is 90.5 Å². The maximum atomic E-state index is 13.5. The van der Waals surface area contributed by atoms with Crippen LogP contribution in [0.4, 0.5) is 10.6 Å². The van der Waals surface area contributed by atoms with Gasteiger partial charge in [0, 0.05) is 54.3 Å². The molecule has 0 saturated carbocycles. The maximum Gasteiger partial charge on any atom is 0.410 e. The number of nitrogens with zero attached hydrogens (tertiary/aromatic N) is 5. The molecule has 0 radical (unpaired) electrons. The first-order valence-electron chi connectivity index (χ1n) is 17.2. The number of carbonyl (C=O) groups is 2. The second-order valence-electron chi connectivity index (χ2n) is 15.0. The summed E-state index contributed by atoms with van der Waals surface area (Å²) < 4.78 is 20.4. The lowest BCUT2D eigenvalue weighted by molar-refractivity contribution is -0.166. The van der Waals surface area contributed by atoms with Crippen LogP contribution in [-0.2, 0) is 26.1 Å². The van der Waals surface area contributed by atoms with Crippen molar-refractivity contribution in [2.75, 3.05) is 31.6 Å². The largest absolute Gasteiger partial charge is 0.464 e. The molecule has 0 N–H and O–H groups in total. The number of thiazole rings is 1. The fraction of sp³-hybridized carbons (Fsp3) is 0.436. The van der Waals surface area contributed by atoms with E-state index in [0.29, 0.717) is 18.1 Å². The number of carbonyl (C=O) groups excluding carboxylic acids is 2. The van der Waals surface area contributed by atoms with Gasteiger partial charge in [-0.1, -0.05) is 23.7 Å².